The molecule has 1 unspecified atom stereocenters. The minimum atomic E-state index is 0.649. The lowest BCUT2D eigenvalue weighted by molar-refractivity contribution is 0.263. The number of likely N-dealkylation sites (N-methyl/N-ethyl adjacent to an activating group) is 1. The summed E-state index contributed by atoms with van der Waals surface area (Å²) in [7, 11) is 0. The van der Waals surface area contributed by atoms with E-state index in [1.54, 1.807) is 0 Å². The maximum atomic E-state index is 5.99. The molecule has 96 valence electrons. The van der Waals surface area contributed by atoms with E-state index in [-0.39, 0.29) is 0 Å². The molecule has 1 atom stereocenters. The summed E-state index contributed by atoms with van der Waals surface area (Å²) in [6.45, 7) is 4.61. The molecule has 0 spiro atoms. The van der Waals surface area contributed by atoms with Crippen molar-refractivity contribution in [1.29, 1.82) is 0 Å². The largest absolute Gasteiger partial charge is 0.304 e. The van der Waals surface area contributed by atoms with Crippen molar-refractivity contribution in [3.05, 3.63) is 35.4 Å². The molecular formula is C14H18ClN3. The second-order valence-electron chi connectivity index (χ2n) is 4.94. The average Bonchev–Trinajstić information content (AvgIpc) is 2.96. The van der Waals surface area contributed by atoms with E-state index in [2.05, 4.69) is 21.2 Å². The van der Waals surface area contributed by atoms with Crippen molar-refractivity contribution >= 4 is 17.1 Å². The first-order chi connectivity index (χ1) is 8.78. The third-order valence-electron chi connectivity index (χ3n) is 3.89. The number of aromatic nitrogens is 2. The highest BCUT2D eigenvalue weighted by atomic mass is 35.5. The van der Waals surface area contributed by atoms with Crippen LogP contribution >= 0.6 is 11.6 Å². The molecule has 3 heterocycles. The van der Waals surface area contributed by atoms with Gasteiger partial charge in [0.25, 0.3) is 0 Å². The molecule has 1 saturated heterocycles. The minimum absolute atomic E-state index is 0.649. The van der Waals surface area contributed by atoms with Gasteiger partial charge in [-0.25, -0.2) is 4.98 Å². The van der Waals surface area contributed by atoms with E-state index in [0.717, 1.165) is 29.3 Å². The lowest BCUT2D eigenvalue weighted by atomic mass is 10.1. The highest BCUT2D eigenvalue weighted by Gasteiger charge is 2.24. The van der Waals surface area contributed by atoms with Crippen LogP contribution < -0.4 is 0 Å². The quantitative estimate of drug-likeness (QED) is 0.849. The summed E-state index contributed by atoms with van der Waals surface area (Å²) in [5.41, 5.74) is 1.08. The van der Waals surface area contributed by atoms with Gasteiger partial charge in [-0.05, 0) is 38.1 Å². The first kappa shape index (κ1) is 12.0. The smallest absolute Gasteiger partial charge is 0.114 e. The van der Waals surface area contributed by atoms with Crippen molar-refractivity contribution in [3.8, 4) is 0 Å². The predicted molar refractivity (Wildman–Crippen MR) is 74.2 cm³/mol. The minimum Gasteiger partial charge on any atom is -0.304 e. The van der Waals surface area contributed by atoms with Crippen LogP contribution in [-0.2, 0) is 6.42 Å². The molecule has 0 bridgehead atoms. The number of halogens is 1. The Bertz CT molecular complexity index is 549. The number of hydrogen-bond donors (Lipinski definition) is 0. The van der Waals surface area contributed by atoms with Crippen molar-refractivity contribution in [2.45, 2.75) is 32.2 Å². The molecule has 4 heteroatoms. The number of rotatable bonds is 3. The van der Waals surface area contributed by atoms with Gasteiger partial charge in [0.1, 0.15) is 5.82 Å². The molecule has 0 saturated carbocycles. The Morgan fingerprint density at radius 1 is 1.50 bits per heavy atom. The summed E-state index contributed by atoms with van der Waals surface area (Å²) in [6, 6.07) is 4.53. The van der Waals surface area contributed by atoms with Gasteiger partial charge in [0.15, 0.2) is 0 Å². The van der Waals surface area contributed by atoms with Crippen LogP contribution in [0.1, 0.15) is 25.6 Å². The van der Waals surface area contributed by atoms with Crippen LogP contribution in [0.5, 0.6) is 0 Å². The molecule has 0 aliphatic carbocycles. The average molecular weight is 264 g/mol. The van der Waals surface area contributed by atoms with Crippen molar-refractivity contribution in [2.75, 3.05) is 13.1 Å². The lowest BCUT2D eigenvalue weighted by Crippen LogP contribution is -2.31. The molecule has 0 N–H and O–H groups in total. The van der Waals surface area contributed by atoms with Crippen molar-refractivity contribution in [1.82, 2.24) is 14.3 Å². The van der Waals surface area contributed by atoms with Gasteiger partial charge in [-0.2, -0.15) is 0 Å². The molecule has 1 aliphatic heterocycles. The van der Waals surface area contributed by atoms with E-state index in [0.29, 0.717) is 6.04 Å². The fourth-order valence-electron chi connectivity index (χ4n) is 2.93. The van der Waals surface area contributed by atoms with Crippen LogP contribution in [-0.4, -0.2) is 33.4 Å². The van der Waals surface area contributed by atoms with E-state index in [1.807, 2.05) is 24.5 Å². The maximum absolute atomic E-state index is 5.99. The third kappa shape index (κ3) is 2.13. The predicted octanol–water partition coefficient (Wildman–Crippen LogP) is 3.01. The second kappa shape index (κ2) is 4.90. The zero-order valence-corrected chi connectivity index (χ0v) is 11.4. The Labute approximate surface area is 112 Å². The summed E-state index contributed by atoms with van der Waals surface area (Å²) < 4.78 is 2.15. The van der Waals surface area contributed by atoms with Gasteiger partial charge in [-0.1, -0.05) is 18.5 Å². The Kier molecular flexibility index (Phi) is 3.27. The summed E-state index contributed by atoms with van der Waals surface area (Å²) in [6.07, 6.45) is 7.56. The van der Waals surface area contributed by atoms with Crippen LogP contribution in [0.25, 0.3) is 5.52 Å². The molecule has 0 aromatic carbocycles. The molecule has 2 aromatic heterocycles. The zero-order valence-electron chi connectivity index (χ0n) is 10.6. The summed E-state index contributed by atoms with van der Waals surface area (Å²) in [5.74, 6) is 1.15. The highest BCUT2D eigenvalue weighted by Crippen LogP contribution is 2.21. The Morgan fingerprint density at radius 3 is 3.22 bits per heavy atom. The van der Waals surface area contributed by atoms with E-state index in [9.17, 15) is 0 Å². The van der Waals surface area contributed by atoms with Gasteiger partial charge in [-0.3, -0.25) is 0 Å². The van der Waals surface area contributed by atoms with Gasteiger partial charge in [0.2, 0.25) is 0 Å². The molecule has 18 heavy (non-hydrogen) atoms. The first-order valence-corrected chi connectivity index (χ1v) is 7.01. The van der Waals surface area contributed by atoms with Crippen LogP contribution in [0.4, 0.5) is 0 Å². The lowest BCUT2D eigenvalue weighted by Gasteiger charge is -2.22. The number of nitrogens with zero attached hydrogens (tertiary/aromatic N) is 3. The number of hydrogen-bond acceptors (Lipinski definition) is 2. The van der Waals surface area contributed by atoms with Gasteiger partial charge >= 0.3 is 0 Å². The van der Waals surface area contributed by atoms with Crippen molar-refractivity contribution < 1.29 is 0 Å². The number of imidazole rings is 1. The number of likely N-dealkylation sites (tertiary alicyclic amines) is 1. The van der Waals surface area contributed by atoms with Gasteiger partial charge in [0, 0.05) is 23.7 Å². The topological polar surface area (TPSA) is 20.5 Å². The SMILES string of the molecule is CCN1CCCC1Cc1ncc2cc(Cl)ccn12. The summed E-state index contributed by atoms with van der Waals surface area (Å²) in [5, 5.41) is 0.769. The summed E-state index contributed by atoms with van der Waals surface area (Å²) in [4.78, 5) is 7.10. The Balaban J connectivity index is 1.86. The van der Waals surface area contributed by atoms with Gasteiger partial charge < -0.3 is 9.30 Å². The van der Waals surface area contributed by atoms with Crippen LogP contribution in [0, 0.1) is 0 Å². The maximum Gasteiger partial charge on any atom is 0.114 e. The summed E-state index contributed by atoms with van der Waals surface area (Å²) >= 11 is 5.99. The Morgan fingerprint density at radius 2 is 2.39 bits per heavy atom. The fourth-order valence-corrected chi connectivity index (χ4v) is 3.10. The zero-order chi connectivity index (χ0) is 12.5. The standard InChI is InChI=1S/C14H18ClN3/c1-2-17-6-3-4-12(17)9-14-16-10-13-8-11(15)5-7-18(13)14/h5,7-8,10,12H,2-4,6,9H2,1H3. The second-order valence-corrected chi connectivity index (χ2v) is 5.38. The van der Waals surface area contributed by atoms with E-state index < -0.39 is 0 Å². The molecule has 0 radical (unpaired) electrons. The van der Waals surface area contributed by atoms with Crippen molar-refractivity contribution in [3.63, 3.8) is 0 Å². The van der Waals surface area contributed by atoms with Crippen LogP contribution in [0.3, 0.4) is 0 Å². The monoisotopic (exact) mass is 263 g/mol. The van der Waals surface area contributed by atoms with Crippen molar-refractivity contribution in [2.24, 2.45) is 0 Å². The van der Waals surface area contributed by atoms with Gasteiger partial charge in [0.05, 0.1) is 11.7 Å². The molecule has 3 nitrogen and oxygen atoms in total. The fraction of sp³-hybridized carbons (Fsp3) is 0.500. The third-order valence-corrected chi connectivity index (χ3v) is 4.13. The normalized spacial score (nSPS) is 20.9. The number of pyridine rings is 1. The molecule has 1 fully saturated rings. The highest BCUT2D eigenvalue weighted by molar-refractivity contribution is 6.30. The number of fused-ring (bicyclic) bond motifs is 1. The molecular weight excluding hydrogens is 246 g/mol. The molecule has 2 aromatic rings. The van der Waals surface area contributed by atoms with Crippen LogP contribution in [0.2, 0.25) is 5.02 Å². The van der Waals surface area contributed by atoms with Crippen LogP contribution in [0.15, 0.2) is 24.5 Å². The first-order valence-electron chi connectivity index (χ1n) is 6.63. The van der Waals surface area contributed by atoms with E-state index in [1.165, 1.54) is 19.4 Å². The van der Waals surface area contributed by atoms with E-state index in [4.69, 9.17) is 11.6 Å². The molecule has 3 rings (SSSR count). The molecule has 1 aliphatic rings. The molecule has 0 amide bonds. The van der Waals surface area contributed by atoms with E-state index >= 15 is 0 Å². The van der Waals surface area contributed by atoms with Gasteiger partial charge in [-0.15, -0.1) is 0 Å². The Hall–Kier alpha value is -1.06.